The molecule has 5 heteroatoms. The Hall–Kier alpha value is -1.59. The molecule has 0 bridgehead atoms. The molecule has 1 unspecified atom stereocenters. The Balaban J connectivity index is 1.31. The molecule has 3 aliphatic rings. The number of likely N-dealkylation sites (tertiary alicyclic amines) is 1. The third-order valence-electron chi connectivity index (χ3n) is 6.64. The van der Waals surface area contributed by atoms with Gasteiger partial charge in [-0.2, -0.15) is 0 Å². The number of amides is 1. The molecule has 1 aromatic rings. The molecule has 3 heterocycles. The van der Waals surface area contributed by atoms with Gasteiger partial charge in [-0.25, -0.2) is 0 Å². The van der Waals surface area contributed by atoms with Gasteiger partial charge >= 0.3 is 0 Å². The van der Waals surface area contributed by atoms with E-state index >= 15 is 0 Å². The fraction of sp³-hybridized carbons (Fsp3) is 0.667. The zero-order chi connectivity index (χ0) is 18.0. The van der Waals surface area contributed by atoms with Crippen LogP contribution in [-0.2, 0) is 9.53 Å². The van der Waals surface area contributed by atoms with Crippen molar-refractivity contribution in [1.29, 1.82) is 0 Å². The maximum absolute atomic E-state index is 13.0. The van der Waals surface area contributed by atoms with Gasteiger partial charge in [0.1, 0.15) is 0 Å². The zero-order valence-electron chi connectivity index (χ0n) is 15.9. The van der Waals surface area contributed by atoms with Gasteiger partial charge in [0.2, 0.25) is 5.91 Å². The van der Waals surface area contributed by atoms with Gasteiger partial charge in [0.15, 0.2) is 0 Å². The van der Waals surface area contributed by atoms with Crippen LogP contribution >= 0.6 is 0 Å². The highest BCUT2D eigenvalue weighted by Gasteiger charge is 2.42. The van der Waals surface area contributed by atoms with Crippen molar-refractivity contribution in [3.8, 4) is 0 Å². The summed E-state index contributed by atoms with van der Waals surface area (Å²) < 4.78 is 5.54. The van der Waals surface area contributed by atoms with Crippen LogP contribution in [0.25, 0.3) is 0 Å². The van der Waals surface area contributed by atoms with Crippen LogP contribution in [-0.4, -0.2) is 74.2 Å². The Labute approximate surface area is 156 Å². The summed E-state index contributed by atoms with van der Waals surface area (Å²) in [6, 6.07) is 10.5. The van der Waals surface area contributed by atoms with Crippen LogP contribution in [0.5, 0.6) is 0 Å². The second-order valence-corrected chi connectivity index (χ2v) is 8.16. The van der Waals surface area contributed by atoms with Crippen molar-refractivity contribution in [3.05, 3.63) is 30.3 Å². The first-order chi connectivity index (χ1) is 12.7. The van der Waals surface area contributed by atoms with Crippen LogP contribution in [0.4, 0.5) is 5.69 Å². The number of carbonyl (C=O) groups is 1. The van der Waals surface area contributed by atoms with Gasteiger partial charge in [-0.1, -0.05) is 18.2 Å². The average Bonchev–Trinajstić information content (AvgIpc) is 3.11. The van der Waals surface area contributed by atoms with Gasteiger partial charge in [-0.3, -0.25) is 9.69 Å². The lowest BCUT2D eigenvalue weighted by atomic mass is 9.80. The summed E-state index contributed by atoms with van der Waals surface area (Å²) >= 11 is 0. The third kappa shape index (κ3) is 3.60. The lowest BCUT2D eigenvalue weighted by Gasteiger charge is -2.39. The molecule has 142 valence electrons. The summed E-state index contributed by atoms with van der Waals surface area (Å²) in [5.74, 6) is 0.307. The molecule has 1 spiro atoms. The maximum atomic E-state index is 13.0. The molecule has 0 aliphatic carbocycles. The summed E-state index contributed by atoms with van der Waals surface area (Å²) in [4.78, 5) is 19.9. The molecule has 4 rings (SSSR count). The first kappa shape index (κ1) is 17.8. The smallest absolute Gasteiger partial charge is 0.239 e. The Morgan fingerprint density at radius 3 is 2.38 bits per heavy atom. The van der Waals surface area contributed by atoms with E-state index in [-0.39, 0.29) is 6.04 Å². The van der Waals surface area contributed by atoms with E-state index in [1.54, 1.807) is 0 Å². The molecule has 0 N–H and O–H groups in total. The van der Waals surface area contributed by atoms with Crippen molar-refractivity contribution in [3.63, 3.8) is 0 Å². The summed E-state index contributed by atoms with van der Waals surface area (Å²) in [5.41, 5.74) is 1.66. The molecule has 3 saturated heterocycles. The molecule has 0 saturated carbocycles. The molecule has 3 aliphatic heterocycles. The molecule has 1 aromatic carbocycles. The number of anilines is 1. The van der Waals surface area contributed by atoms with Crippen LogP contribution in [0.3, 0.4) is 0 Å². The molecule has 0 radical (unpaired) electrons. The Morgan fingerprint density at radius 2 is 1.69 bits per heavy atom. The fourth-order valence-corrected chi connectivity index (χ4v) is 4.76. The number of carbonyl (C=O) groups excluding carboxylic acids is 1. The number of rotatable bonds is 3. The molecule has 26 heavy (non-hydrogen) atoms. The van der Waals surface area contributed by atoms with E-state index in [0.29, 0.717) is 11.3 Å². The predicted octanol–water partition coefficient (Wildman–Crippen LogP) is 2.23. The SMILES string of the molecule is CC(C(=O)N1CCN(c2ccccc2)CC1)N1CCC2(CCOCC2)C1. The molecular weight excluding hydrogens is 326 g/mol. The fourth-order valence-electron chi connectivity index (χ4n) is 4.76. The van der Waals surface area contributed by atoms with Crippen molar-refractivity contribution in [1.82, 2.24) is 9.80 Å². The van der Waals surface area contributed by atoms with E-state index in [1.165, 1.54) is 12.1 Å². The first-order valence-electron chi connectivity index (χ1n) is 10.1. The molecule has 0 aromatic heterocycles. The van der Waals surface area contributed by atoms with Crippen LogP contribution in [0.15, 0.2) is 30.3 Å². The summed E-state index contributed by atoms with van der Waals surface area (Å²) in [7, 11) is 0. The quantitative estimate of drug-likeness (QED) is 0.831. The minimum absolute atomic E-state index is 0.000459. The van der Waals surface area contributed by atoms with Crippen molar-refractivity contribution in [2.75, 3.05) is 57.4 Å². The third-order valence-corrected chi connectivity index (χ3v) is 6.64. The molecule has 3 fully saturated rings. The van der Waals surface area contributed by atoms with Gasteiger partial charge in [-0.15, -0.1) is 0 Å². The van der Waals surface area contributed by atoms with Crippen LogP contribution < -0.4 is 4.90 Å². The van der Waals surface area contributed by atoms with Gasteiger partial charge in [-0.05, 0) is 50.3 Å². The van der Waals surface area contributed by atoms with Crippen LogP contribution in [0.1, 0.15) is 26.2 Å². The Kier molecular flexibility index (Phi) is 5.18. The monoisotopic (exact) mass is 357 g/mol. The van der Waals surface area contributed by atoms with Crippen molar-refractivity contribution >= 4 is 11.6 Å². The lowest BCUT2D eigenvalue weighted by Crippen LogP contribution is -2.54. The zero-order valence-corrected chi connectivity index (χ0v) is 15.9. The molecular formula is C21H31N3O2. The van der Waals surface area contributed by atoms with Gasteiger partial charge < -0.3 is 14.5 Å². The van der Waals surface area contributed by atoms with Crippen molar-refractivity contribution < 1.29 is 9.53 Å². The summed E-state index contributed by atoms with van der Waals surface area (Å²) in [6.45, 7) is 9.48. The molecule has 1 atom stereocenters. The number of hydrogen-bond donors (Lipinski definition) is 0. The first-order valence-corrected chi connectivity index (χ1v) is 10.1. The number of benzene rings is 1. The minimum Gasteiger partial charge on any atom is -0.381 e. The van der Waals surface area contributed by atoms with Crippen LogP contribution in [0, 0.1) is 5.41 Å². The van der Waals surface area contributed by atoms with Gasteiger partial charge in [0, 0.05) is 51.6 Å². The number of hydrogen-bond acceptors (Lipinski definition) is 4. The second kappa shape index (κ2) is 7.57. The minimum atomic E-state index is 0.000459. The van der Waals surface area contributed by atoms with Crippen molar-refractivity contribution in [2.24, 2.45) is 5.41 Å². The van der Waals surface area contributed by atoms with Crippen LogP contribution in [0.2, 0.25) is 0 Å². The van der Waals surface area contributed by atoms with E-state index in [2.05, 4.69) is 45.9 Å². The second-order valence-electron chi connectivity index (χ2n) is 8.16. The van der Waals surface area contributed by atoms with E-state index in [4.69, 9.17) is 4.74 Å². The largest absolute Gasteiger partial charge is 0.381 e. The lowest BCUT2D eigenvalue weighted by molar-refractivity contribution is -0.136. The van der Waals surface area contributed by atoms with E-state index in [0.717, 1.165) is 65.3 Å². The average molecular weight is 357 g/mol. The normalized spacial score (nSPS) is 24.8. The standard InChI is InChI=1S/C21H31N3O2/c1-18(24-10-7-21(17-24)8-15-26-16-9-21)20(25)23-13-11-22(12-14-23)19-5-3-2-4-6-19/h2-6,18H,7-17H2,1H3. The summed E-state index contributed by atoms with van der Waals surface area (Å²) in [5, 5.41) is 0. The highest BCUT2D eigenvalue weighted by molar-refractivity contribution is 5.81. The Bertz CT molecular complexity index is 607. The predicted molar refractivity (Wildman–Crippen MR) is 103 cm³/mol. The summed E-state index contributed by atoms with van der Waals surface area (Å²) in [6.07, 6.45) is 3.52. The van der Waals surface area contributed by atoms with Gasteiger partial charge in [0.05, 0.1) is 6.04 Å². The van der Waals surface area contributed by atoms with Gasteiger partial charge in [0.25, 0.3) is 0 Å². The van der Waals surface area contributed by atoms with E-state index in [9.17, 15) is 4.79 Å². The topological polar surface area (TPSA) is 36.0 Å². The molecule has 5 nitrogen and oxygen atoms in total. The Morgan fingerprint density at radius 1 is 1.00 bits per heavy atom. The highest BCUT2D eigenvalue weighted by atomic mass is 16.5. The number of para-hydroxylation sites is 1. The van der Waals surface area contributed by atoms with Crippen molar-refractivity contribution in [2.45, 2.75) is 32.2 Å². The van der Waals surface area contributed by atoms with E-state index < -0.39 is 0 Å². The highest BCUT2D eigenvalue weighted by Crippen LogP contribution is 2.40. The maximum Gasteiger partial charge on any atom is 0.239 e. The number of piperazine rings is 1. The number of ether oxygens (including phenoxy) is 1. The molecule has 1 amide bonds. The number of nitrogens with zero attached hydrogens (tertiary/aromatic N) is 3. The van der Waals surface area contributed by atoms with E-state index in [1.807, 2.05) is 6.07 Å².